The lowest BCUT2D eigenvalue weighted by atomic mass is 9.85. The standard InChI is InChI=1S/2C7H12O2.C5H10N2O2/c1-5(8)7(3,4)6(2)9;1-5(7(3)9)4-6(2)8;1-4(8)6-3-7-5(2)9/h1-4H3;5H,4H2,1-3H3;3H2,1-2H3,(H,6,8)(H,7,9). The zero-order chi connectivity index (χ0) is 22.4. The Morgan fingerprint density at radius 1 is 0.741 bits per heavy atom. The maximum atomic E-state index is 10.7. The summed E-state index contributed by atoms with van der Waals surface area (Å²) in [6, 6.07) is 0. The molecule has 27 heavy (non-hydrogen) atoms. The lowest BCUT2D eigenvalue weighted by Crippen LogP contribution is -2.34. The molecule has 0 heterocycles. The van der Waals surface area contributed by atoms with Gasteiger partial charge in [-0.3, -0.25) is 24.0 Å². The highest BCUT2D eigenvalue weighted by Gasteiger charge is 2.28. The van der Waals surface area contributed by atoms with Crippen molar-refractivity contribution in [2.24, 2.45) is 11.3 Å². The Balaban J connectivity index is -0.000000320. The van der Waals surface area contributed by atoms with Crippen molar-refractivity contribution >= 4 is 34.9 Å². The van der Waals surface area contributed by atoms with Gasteiger partial charge in [-0.05, 0) is 41.5 Å². The van der Waals surface area contributed by atoms with Crippen molar-refractivity contribution in [2.75, 3.05) is 6.67 Å². The van der Waals surface area contributed by atoms with Gasteiger partial charge in [-0.1, -0.05) is 6.92 Å². The normalized spacial score (nSPS) is 10.7. The van der Waals surface area contributed by atoms with Crippen LogP contribution in [0.4, 0.5) is 0 Å². The Hall–Kier alpha value is -2.38. The highest BCUT2D eigenvalue weighted by molar-refractivity contribution is 6.04. The third kappa shape index (κ3) is 19.8. The van der Waals surface area contributed by atoms with Gasteiger partial charge in [-0.15, -0.1) is 0 Å². The van der Waals surface area contributed by atoms with Gasteiger partial charge in [0, 0.05) is 26.2 Å². The van der Waals surface area contributed by atoms with Crippen molar-refractivity contribution in [1.82, 2.24) is 10.6 Å². The number of amides is 2. The van der Waals surface area contributed by atoms with E-state index < -0.39 is 5.41 Å². The summed E-state index contributed by atoms with van der Waals surface area (Å²) < 4.78 is 0. The lowest BCUT2D eigenvalue weighted by Gasteiger charge is -2.15. The maximum absolute atomic E-state index is 10.7. The average Bonchev–Trinajstić information content (AvgIpc) is 2.46. The Kier molecular flexibility index (Phi) is 16.1. The molecule has 0 aromatic heterocycles. The number of rotatable bonds is 7. The summed E-state index contributed by atoms with van der Waals surface area (Å²) in [6.07, 6.45) is 0.384. The number of hydrogen-bond donors (Lipinski definition) is 2. The van der Waals surface area contributed by atoms with Crippen molar-refractivity contribution in [3.63, 3.8) is 0 Å². The molecule has 0 saturated heterocycles. The van der Waals surface area contributed by atoms with Crippen LogP contribution in [-0.4, -0.2) is 41.6 Å². The van der Waals surface area contributed by atoms with Crippen LogP contribution in [-0.2, 0) is 28.8 Å². The summed E-state index contributed by atoms with van der Waals surface area (Å²) in [7, 11) is 0. The molecule has 8 nitrogen and oxygen atoms in total. The van der Waals surface area contributed by atoms with Crippen molar-refractivity contribution in [3.05, 3.63) is 0 Å². The third-order valence-electron chi connectivity index (χ3n) is 3.72. The molecule has 0 aliphatic rings. The number of carbonyl (C=O) groups is 6. The van der Waals surface area contributed by atoms with E-state index in [9.17, 15) is 28.8 Å². The Morgan fingerprint density at radius 2 is 1.07 bits per heavy atom. The molecule has 0 radical (unpaired) electrons. The van der Waals surface area contributed by atoms with E-state index in [0.717, 1.165) is 0 Å². The predicted molar refractivity (Wildman–Crippen MR) is 103 cm³/mol. The largest absolute Gasteiger partial charge is 0.339 e. The molecule has 1 unspecified atom stereocenters. The fourth-order valence-corrected chi connectivity index (χ4v) is 1.12. The molecular weight excluding hydrogens is 352 g/mol. The zero-order valence-corrected chi connectivity index (χ0v) is 17.9. The summed E-state index contributed by atoms with van der Waals surface area (Å²) in [4.78, 5) is 62.6. The van der Waals surface area contributed by atoms with E-state index in [1.807, 2.05) is 0 Å². The van der Waals surface area contributed by atoms with E-state index in [1.54, 1.807) is 20.8 Å². The second-order valence-corrected chi connectivity index (χ2v) is 6.80. The van der Waals surface area contributed by atoms with E-state index >= 15 is 0 Å². The monoisotopic (exact) mass is 386 g/mol. The first kappa shape index (κ1) is 29.4. The smallest absolute Gasteiger partial charge is 0.218 e. The van der Waals surface area contributed by atoms with Crippen molar-refractivity contribution in [1.29, 1.82) is 0 Å². The molecule has 8 heteroatoms. The molecule has 0 fully saturated rings. The molecule has 1 atom stereocenters. The molecule has 0 aromatic carbocycles. The van der Waals surface area contributed by atoms with Gasteiger partial charge in [0.15, 0.2) is 0 Å². The van der Waals surface area contributed by atoms with Crippen LogP contribution in [0.2, 0.25) is 0 Å². The topological polar surface area (TPSA) is 126 Å². The predicted octanol–water partition coefficient (Wildman–Crippen LogP) is 1.60. The van der Waals surface area contributed by atoms with E-state index in [2.05, 4.69) is 10.6 Å². The van der Waals surface area contributed by atoms with Gasteiger partial charge in [-0.25, -0.2) is 0 Å². The molecule has 156 valence electrons. The zero-order valence-electron chi connectivity index (χ0n) is 17.9. The molecule has 2 amide bonds. The van der Waals surface area contributed by atoms with E-state index in [1.165, 1.54) is 41.5 Å². The molecule has 0 aliphatic carbocycles. The minimum absolute atomic E-state index is 0.0741. The van der Waals surface area contributed by atoms with Crippen LogP contribution in [0.3, 0.4) is 0 Å². The number of Topliss-reactive ketones (excluding diaryl/α,β-unsaturated/α-hetero) is 4. The second-order valence-electron chi connectivity index (χ2n) is 6.80. The molecule has 0 aromatic rings. The highest BCUT2D eigenvalue weighted by atomic mass is 16.2. The fourth-order valence-electron chi connectivity index (χ4n) is 1.12. The number of nitrogens with one attached hydrogen (secondary N) is 2. The summed E-state index contributed by atoms with van der Waals surface area (Å²) >= 11 is 0. The van der Waals surface area contributed by atoms with Crippen LogP contribution in [0.1, 0.15) is 68.7 Å². The summed E-state index contributed by atoms with van der Waals surface area (Å²) in [5, 5.41) is 4.81. The highest BCUT2D eigenvalue weighted by Crippen LogP contribution is 2.16. The molecular formula is C19H34N2O6. The molecule has 0 aliphatic heterocycles. The van der Waals surface area contributed by atoms with E-state index in [0.29, 0.717) is 6.42 Å². The number of carbonyl (C=O) groups excluding carboxylic acids is 6. The van der Waals surface area contributed by atoms with Gasteiger partial charge >= 0.3 is 0 Å². The summed E-state index contributed by atoms with van der Waals surface area (Å²) in [5.74, 6) is -0.372. The SMILES string of the molecule is CC(=O)C(C)(C)C(C)=O.CC(=O)CC(C)C(C)=O.CC(=O)NCNC(C)=O. The van der Waals surface area contributed by atoms with Crippen LogP contribution in [0, 0.1) is 11.3 Å². The third-order valence-corrected chi connectivity index (χ3v) is 3.72. The maximum Gasteiger partial charge on any atom is 0.218 e. The first-order chi connectivity index (χ1) is 12.0. The van der Waals surface area contributed by atoms with Gasteiger partial charge in [0.2, 0.25) is 11.8 Å². The van der Waals surface area contributed by atoms with Gasteiger partial charge < -0.3 is 15.4 Å². The van der Waals surface area contributed by atoms with Crippen molar-refractivity contribution < 1.29 is 28.8 Å². The average molecular weight is 386 g/mol. The first-order valence-electron chi connectivity index (χ1n) is 8.56. The quantitative estimate of drug-likeness (QED) is 0.505. The number of ketones is 4. The summed E-state index contributed by atoms with van der Waals surface area (Å²) in [6.45, 7) is 13.9. The molecule has 0 spiro atoms. The van der Waals surface area contributed by atoms with E-state index in [-0.39, 0.29) is 47.5 Å². The molecule has 0 rings (SSSR count). The van der Waals surface area contributed by atoms with Crippen molar-refractivity contribution in [3.8, 4) is 0 Å². The van der Waals surface area contributed by atoms with Gasteiger partial charge in [-0.2, -0.15) is 0 Å². The van der Waals surface area contributed by atoms with Crippen LogP contribution >= 0.6 is 0 Å². The van der Waals surface area contributed by atoms with Gasteiger partial charge in [0.25, 0.3) is 0 Å². The Morgan fingerprint density at radius 3 is 1.19 bits per heavy atom. The van der Waals surface area contributed by atoms with Gasteiger partial charge in [0.05, 0.1) is 12.1 Å². The fraction of sp³-hybridized carbons (Fsp3) is 0.684. The van der Waals surface area contributed by atoms with Crippen LogP contribution in [0.5, 0.6) is 0 Å². The Labute approximate surface area is 161 Å². The minimum atomic E-state index is -0.778. The van der Waals surface area contributed by atoms with Gasteiger partial charge in [0.1, 0.15) is 23.1 Å². The van der Waals surface area contributed by atoms with Crippen LogP contribution in [0.25, 0.3) is 0 Å². The lowest BCUT2D eigenvalue weighted by molar-refractivity contribution is -0.136. The van der Waals surface area contributed by atoms with E-state index in [4.69, 9.17) is 0 Å². The molecule has 0 saturated carbocycles. The van der Waals surface area contributed by atoms with Crippen LogP contribution in [0.15, 0.2) is 0 Å². The Bertz CT molecular complexity index is 522. The minimum Gasteiger partial charge on any atom is -0.339 e. The summed E-state index contributed by atoms with van der Waals surface area (Å²) in [5.41, 5.74) is -0.778. The molecule has 2 N–H and O–H groups in total. The molecule has 0 bridgehead atoms. The first-order valence-corrected chi connectivity index (χ1v) is 8.56. The second kappa shape index (κ2) is 14.8. The number of hydrogen-bond acceptors (Lipinski definition) is 6. The van der Waals surface area contributed by atoms with Crippen LogP contribution < -0.4 is 10.6 Å². The van der Waals surface area contributed by atoms with Crippen molar-refractivity contribution in [2.45, 2.75) is 68.7 Å².